The Labute approximate surface area is 211 Å². The van der Waals surface area contributed by atoms with Crippen LogP contribution in [0.5, 0.6) is 11.5 Å². The highest BCUT2D eigenvalue weighted by molar-refractivity contribution is 6.34. The summed E-state index contributed by atoms with van der Waals surface area (Å²) >= 11 is 12.2. The first-order valence-corrected chi connectivity index (χ1v) is 12.3. The van der Waals surface area contributed by atoms with E-state index in [4.69, 9.17) is 38.0 Å². The molecule has 0 unspecified atom stereocenters. The zero-order valence-electron chi connectivity index (χ0n) is 18.7. The third kappa shape index (κ3) is 4.35. The first-order chi connectivity index (χ1) is 17.2. The van der Waals surface area contributed by atoms with Gasteiger partial charge in [-0.2, -0.15) is 10.3 Å². The summed E-state index contributed by atoms with van der Waals surface area (Å²) in [7, 11) is 0. The lowest BCUT2D eigenvalue weighted by Crippen LogP contribution is -2.12. The molecule has 1 saturated carbocycles. The molecule has 0 amide bonds. The molecule has 0 atom stereocenters. The van der Waals surface area contributed by atoms with E-state index >= 15 is 0 Å². The van der Waals surface area contributed by atoms with Crippen molar-refractivity contribution in [3.63, 3.8) is 0 Å². The quantitative estimate of drug-likeness (QED) is 0.284. The van der Waals surface area contributed by atoms with Crippen LogP contribution in [0.15, 0.2) is 54.9 Å². The van der Waals surface area contributed by atoms with Gasteiger partial charge in [0.1, 0.15) is 11.5 Å². The van der Waals surface area contributed by atoms with Gasteiger partial charge < -0.3 is 4.74 Å². The molecule has 8 nitrogen and oxygen atoms in total. The van der Waals surface area contributed by atoms with Gasteiger partial charge in [0.25, 0.3) is 0 Å². The monoisotopic (exact) mass is 505 g/mol. The van der Waals surface area contributed by atoms with Gasteiger partial charge in [0.15, 0.2) is 5.65 Å². The minimum atomic E-state index is 0.395. The number of hydrogen-bond acceptors (Lipinski definition) is 6. The SMILES string of the molecule is Clc1cc(Cl)cc(Oc2ccc(-c3cnc4c(-c5nn[nH]n5)cnn4c3C3CCCCC3)cc2)c1. The lowest BCUT2D eigenvalue weighted by atomic mass is 9.84. The molecule has 1 aliphatic rings. The van der Waals surface area contributed by atoms with Crippen LogP contribution in [0, 0.1) is 0 Å². The van der Waals surface area contributed by atoms with E-state index in [2.05, 4.69) is 20.6 Å². The molecule has 2 aromatic carbocycles. The van der Waals surface area contributed by atoms with Crippen LogP contribution in [0.2, 0.25) is 10.0 Å². The number of H-pyrrole nitrogens is 1. The van der Waals surface area contributed by atoms with Crippen molar-refractivity contribution in [2.45, 2.75) is 38.0 Å². The summed E-state index contributed by atoms with van der Waals surface area (Å²) in [5.74, 6) is 2.16. The fraction of sp³-hybridized carbons (Fsp3) is 0.240. The molecule has 1 aliphatic carbocycles. The van der Waals surface area contributed by atoms with Crippen LogP contribution in [-0.4, -0.2) is 35.2 Å². The molecule has 35 heavy (non-hydrogen) atoms. The van der Waals surface area contributed by atoms with E-state index in [1.807, 2.05) is 35.0 Å². The Balaban J connectivity index is 1.40. The van der Waals surface area contributed by atoms with Gasteiger partial charge in [0, 0.05) is 27.7 Å². The van der Waals surface area contributed by atoms with E-state index in [-0.39, 0.29) is 0 Å². The lowest BCUT2D eigenvalue weighted by Gasteiger charge is -2.25. The summed E-state index contributed by atoms with van der Waals surface area (Å²) in [5, 5.41) is 20.2. The molecule has 0 aliphatic heterocycles. The number of aromatic nitrogens is 7. The maximum Gasteiger partial charge on any atom is 0.210 e. The first kappa shape index (κ1) is 22.0. The molecule has 0 radical (unpaired) electrons. The van der Waals surface area contributed by atoms with Gasteiger partial charge in [-0.15, -0.1) is 10.2 Å². The topological polar surface area (TPSA) is 93.9 Å². The second kappa shape index (κ2) is 9.28. The van der Waals surface area contributed by atoms with Crippen LogP contribution in [0.3, 0.4) is 0 Å². The van der Waals surface area contributed by atoms with E-state index in [1.54, 1.807) is 24.4 Å². The maximum absolute atomic E-state index is 6.10. The summed E-state index contributed by atoms with van der Waals surface area (Å²) in [6.07, 6.45) is 9.63. The van der Waals surface area contributed by atoms with Crippen molar-refractivity contribution in [1.82, 2.24) is 35.2 Å². The molecule has 1 N–H and O–H groups in total. The highest BCUT2D eigenvalue weighted by Gasteiger charge is 2.25. The van der Waals surface area contributed by atoms with Crippen LogP contribution >= 0.6 is 23.2 Å². The Morgan fingerprint density at radius 2 is 1.66 bits per heavy atom. The molecule has 10 heteroatoms. The van der Waals surface area contributed by atoms with Crippen LogP contribution in [0.1, 0.15) is 43.7 Å². The molecule has 3 aromatic heterocycles. The molecule has 3 heterocycles. The second-order valence-electron chi connectivity index (χ2n) is 8.65. The average Bonchev–Trinajstić information content (AvgIpc) is 3.54. The Hall–Kier alpha value is -3.49. The number of halogens is 2. The summed E-state index contributed by atoms with van der Waals surface area (Å²) in [5.41, 5.74) is 4.76. The molecule has 0 spiro atoms. The zero-order chi connectivity index (χ0) is 23.8. The Kier molecular flexibility index (Phi) is 5.83. The number of nitrogens with zero attached hydrogens (tertiary/aromatic N) is 6. The molecule has 5 aromatic rings. The van der Waals surface area contributed by atoms with Crippen molar-refractivity contribution in [2.24, 2.45) is 0 Å². The Bertz CT molecular complexity index is 1460. The number of nitrogens with one attached hydrogen (secondary N) is 1. The fourth-order valence-corrected chi connectivity index (χ4v) is 5.31. The minimum Gasteiger partial charge on any atom is -0.457 e. The summed E-state index contributed by atoms with van der Waals surface area (Å²) in [4.78, 5) is 4.76. The Morgan fingerprint density at radius 3 is 2.37 bits per heavy atom. The van der Waals surface area contributed by atoms with Crippen LogP contribution < -0.4 is 4.74 Å². The van der Waals surface area contributed by atoms with Crippen LogP contribution in [-0.2, 0) is 0 Å². The number of benzene rings is 2. The van der Waals surface area contributed by atoms with E-state index in [0.29, 0.717) is 33.3 Å². The van der Waals surface area contributed by atoms with E-state index in [0.717, 1.165) is 35.2 Å². The number of fused-ring (bicyclic) bond motifs is 1. The maximum atomic E-state index is 6.10. The highest BCUT2D eigenvalue weighted by Crippen LogP contribution is 2.39. The minimum absolute atomic E-state index is 0.395. The molecular weight excluding hydrogens is 485 g/mol. The van der Waals surface area contributed by atoms with Crippen LogP contribution in [0.25, 0.3) is 28.2 Å². The number of aromatic amines is 1. The van der Waals surface area contributed by atoms with Gasteiger partial charge in [-0.1, -0.05) is 54.6 Å². The van der Waals surface area contributed by atoms with Crippen molar-refractivity contribution < 1.29 is 4.74 Å². The van der Waals surface area contributed by atoms with Crippen molar-refractivity contribution in [1.29, 1.82) is 0 Å². The third-order valence-corrected chi connectivity index (χ3v) is 6.82. The van der Waals surface area contributed by atoms with Gasteiger partial charge >= 0.3 is 0 Å². The molecule has 176 valence electrons. The Morgan fingerprint density at radius 1 is 0.886 bits per heavy atom. The number of tetrazole rings is 1. The van der Waals surface area contributed by atoms with Gasteiger partial charge in [0.05, 0.1) is 17.5 Å². The normalized spacial score (nSPS) is 14.5. The highest BCUT2D eigenvalue weighted by atomic mass is 35.5. The number of rotatable bonds is 5. The third-order valence-electron chi connectivity index (χ3n) is 6.38. The van der Waals surface area contributed by atoms with E-state index < -0.39 is 0 Å². The lowest BCUT2D eigenvalue weighted by molar-refractivity contribution is 0.431. The molecular formula is C25H21Cl2N7O. The van der Waals surface area contributed by atoms with E-state index in [9.17, 15) is 0 Å². The van der Waals surface area contributed by atoms with Gasteiger partial charge in [-0.25, -0.2) is 9.50 Å². The number of ether oxygens (including phenoxy) is 1. The van der Waals surface area contributed by atoms with Crippen molar-refractivity contribution in [3.05, 3.63) is 70.6 Å². The molecule has 0 saturated heterocycles. The fourth-order valence-electron chi connectivity index (χ4n) is 4.80. The number of hydrogen-bond donors (Lipinski definition) is 1. The average molecular weight is 506 g/mol. The van der Waals surface area contributed by atoms with E-state index in [1.165, 1.54) is 25.0 Å². The summed E-state index contributed by atoms with van der Waals surface area (Å²) in [6.45, 7) is 0. The van der Waals surface area contributed by atoms with Crippen molar-refractivity contribution in [2.75, 3.05) is 0 Å². The largest absolute Gasteiger partial charge is 0.457 e. The smallest absolute Gasteiger partial charge is 0.210 e. The predicted molar refractivity (Wildman–Crippen MR) is 134 cm³/mol. The molecule has 6 rings (SSSR count). The molecule has 1 fully saturated rings. The first-order valence-electron chi connectivity index (χ1n) is 11.5. The predicted octanol–water partition coefficient (Wildman–Crippen LogP) is 6.72. The standard InChI is InChI=1S/C25H21Cl2N7O/c26-17-10-18(27)12-20(11-17)35-19-8-6-15(7-9-19)21-13-28-25-22(24-30-32-33-31-24)14-29-34(25)23(21)16-4-2-1-3-5-16/h6-14,16H,1-5H2,(H,30,31,32,33). The summed E-state index contributed by atoms with van der Waals surface area (Å²) < 4.78 is 7.92. The summed E-state index contributed by atoms with van der Waals surface area (Å²) in [6, 6.07) is 13.1. The van der Waals surface area contributed by atoms with Gasteiger partial charge in [-0.05, 0) is 54.0 Å². The van der Waals surface area contributed by atoms with Crippen molar-refractivity contribution >= 4 is 28.8 Å². The molecule has 0 bridgehead atoms. The van der Waals surface area contributed by atoms with Crippen molar-refractivity contribution in [3.8, 4) is 34.0 Å². The second-order valence-corrected chi connectivity index (χ2v) is 9.53. The van der Waals surface area contributed by atoms with Gasteiger partial charge in [-0.3, -0.25) is 0 Å². The zero-order valence-corrected chi connectivity index (χ0v) is 20.2. The van der Waals surface area contributed by atoms with Crippen LogP contribution in [0.4, 0.5) is 0 Å². The van der Waals surface area contributed by atoms with Gasteiger partial charge in [0.2, 0.25) is 5.82 Å².